The highest BCUT2D eigenvalue weighted by Crippen LogP contribution is 2.21. The van der Waals surface area contributed by atoms with Crippen molar-refractivity contribution in [2.45, 2.75) is 32.2 Å². The van der Waals surface area contributed by atoms with Gasteiger partial charge in [0.1, 0.15) is 17.5 Å². The molecule has 2 rings (SSSR count). The van der Waals surface area contributed by atoms with Crippen LogP contribution in [-0.2, 0) is 4.79 Å². The average molecular weight is 331 g/mol. The molecule has 0 aliphatic carbocycles. The van der Waals surface area contributed by atoms with Gasteiger partial charge in [0.15, 0.2) is 0 Å². The summed E-state index contributed by atoms with van der Waals surface area (Å²) in [7, 11) is 1.59. The fourth-order valence-electron chi connectivity index (χ4n) is 2.25. The van der Waals surface area contributed by atoms with Crippen molar-refractivity contribution in [2.75, 3.05) is 7.11 Å². The number of carbonyl (C=O) groups is 2. The second kappa shape index (κ2) is 8.14. The van der Waals surface area contributed by atoms with E-state index in [1.165, 1.54) is 0 Å². The fraction of sp³-hybridized carbons (Fsp3) is 0.353. The molecule has 0 unspecified atom stereocenters. The van der Waals surface area contributed by atoms with Crippen LogP contribution in [-0.4, -0.2) is 40.3 Å². The number of amides is 1. The molecule has 0 saturated carbocycles. The number of rotatable bonds is 8. The Morgan fingerprint density at radius 1 is 1.33 bits per heavy atom. The van der Waals surface area contributed by atoms with Gasteiger partial charge >= 0.3 is 5.97 Å². The number of carbonyl (C=O) groups excluding carboxylic acids is 1. The highest BCUT2D eigenvalue weighted by molar-refractivity contribution is 5.95. The number of nitrogens with one attached hydrogen (secondary N) is 2. The SMILES string of the molecule is CCCC[C@H](NC(=O)c1cc(-c2ccc(OC)cc2)n[nH]1)C(=O)O. The molecule has 0 spiro atoms. The number of methoxy groups -OCH3 is 1. The number of nitrogens with zero attached hydrogens (tertiary/aromatic N) is 1. The van der Waals surface area contributed by atoms with E-state index >= 15 is 0 Å². The highest BCUT2D eigenvalue weighted by atomic mass is 16.5. The van der Waals surface area contributed by atoms with Gasteiger partial charge in [0.05, 0.1) is 12.8 Å². The van der Waals surface area contributed by atoms with Crippen LogP contribution in [0, 0.1) is 0 Å². The summed E-state index contributed by atoms with van der Waals surface area (Å²) < 4.78 is 5.10. The van der Waals surface area contributed by atoms with Crippen molar-refractivity contribution in [1.82, 2.24) is 15.5 Å². The molecular formula is C17H21N3O4. The summed E-state index contributed by atoms with van der Waals surface area (Å²) in [6, 6.07) is 7.96. The van der Waals surface area contributed by atoms with Crippen molar-refractivity contribution < 1.29 is 19.4 Å². The lowest BCUT2D eigenvalue weighted by atomic mass is 10.1. The number of aromatic nitrogens is 2. The third-order valence-electron chi connectivity index (χ3n) is 3.66. The van der Waals surface area contributed by atoms with Gasteiger partial charge in [0, 0.05) is 5.56 Å². The zero-order chi connectivity index (χ0) is 17.5. The lowest BCUT2D eigenvalue weighted by Gasteiger charge is -2.13. The number of aliphatic carboxylic acids is 1. The number of benzene rings is 1. The maximum Gasteiger partial charge on any atom is 0.326 e. The summed E-state index contributed by atoms with van der Waals surface area (Å²) in [6.45, 7) is 1.97. The molecule has 0 bridgehead atoms. The Morgan fingerprint density at radius 3 is 2.62 bits per heavy atom. The van der Waals surface area contributed by atoms with Crippen LogP contribution in [0.1, 0.15) is 36.7 Å². The van der Waals surface area contributed by atoms with E-state index in [1.807, 2.05) is 19.1 Å². The Morgan fingerprint density at radius 2 is 2.04 bits per heavy atom. The molecule has 0 saturated heterocycles. The van der Waals surface area contributed by atoms with Gasteiger partial charge in [-0.15, -0.1) is 0 Å². The van der Waals surface area contributed by atoms with E-state index in [-0.39, 0.29) is 5.69 Å². The minimum atomic E-state index is -1.04. The average Bonchev–Trinajstić information content (AvgIpc) is 3.08. The number of ether oxygens (including phenoxy) is 1. The fourth-order valence-corrected chi connectivity index (χ4v) is 2.25. The quantitative estimate of drug-likeness (QED) is 0.689. The Kier molecular flexibility index (Phi) is 5.95. The van der Waals surface area contributed by atoms with Gasteiger partial charge < -0.3 is 15.2 Å². The number of H-pyrrole nitrogens is 1. The molecule has 2 aromatic rings. The molecule has 1 aromatic heterocycles. The van der Waals surface area contributed by atoms with Gasteiger partial charge in [-0.1, -0.05) is 19.8 Å². The van der Waals surface area contributed by atoms with Crippen LogP contribution in [0.15, 0.2) is 30.3 Å². The normalized spacial score (nSPS) is 11.8. The van der Waals surface area contributed by atoms with E-state index in [0.717, 1.165) is 24.2 Å². The Hall–Kier alpha value is -2.83. The van der Waals surface area contributed by atoms with E-state index in [1.54, 1.807) is 25.3 Å². The molecule has 0 aliphatic heterocycles. The van der Waals surface area contributed by atoms with Crippen molar-refractivity contribution in [3.05, 3.63) is 36.0 Å². The first-order valence-corrected chi connectivity index (χ1v) is 7.78. The topological polar surface area (TPSA) is 104 Å². The standard InChI is InChI=1S/C17H21N3O4/c1-3-4-5-13(17(22)23)18-16(21)15-10-14(19-20-15)11-6-8-12(24-2)9-7-11/h6-10,13H,3-5H2,1-2H3,(H,18,21)(H,19,20)(H,22,23)/t13-/m0/s1. The summed E-state index contributed by atoms with van der Waals surface area (Å²) in [5.41, 5.74) is 1.65. The van der Waals surface area contributed by atoms with Crippen LogP contribution in [0.4, 0.5) is 0 Å². The molecule has 3 N–H and O–H groups in total. The van der Waals surface area contributed by atoms with E-state index < -0.39 is 17.9 Å². The number of hydrogen-bond donors (Lipinski definition) is 3. The molecule has 24 heavy (non-hydrogen) atoms. The predicted octanol–water partition coefficient (Wildman–Crippen LogP) is 2.46. The summed E-state index contributed by atoms with van der Waals surface area (Å²) in [5.74, 6) is -0.787. The molecule has 0 fully saturated rings. The second-order valence-corrected chi connectivity index (χ2v) is 5.40. The van der Waals surface area contributed by atoms with Crippen LogP contribution < -0.4 is 10.1 Å². The highest BCUT2D eigenvalue weighted by Gasteiger charge is 2.21. The molecular weight excluding hydrogens is 310 g/mol. The van der Waals surface area contributed by atoms with Gasteiger partial charge in [-0.25, -0.2) is 4.79 Å². The smallest absolute Gasteiger partial charge is 0.326 e. The van der Waals surface area contributed by atoms with Crippen LogP contribution in [0.2, 0.25) is 0 Å². The zero-order valence-corrected chi connectivity index (χ0v) is 13.7. The molecule has 1 heterocycles. The van der Waals surface area contributed by atoms with Gasteiger partial charge in [0.25, 0.3) is 5.91 Å². The number of carboxylic acid groups (broad SMARTS) is 1. The third kappa shape index (κ3) is 4.34. The molecule has 0 radical (unpaired) electrons. The molecule has 0 aliphatic rings. The Balaban J connectivity index is 2.08. The number of unbranched alkanes of at least 4 members (excludes halogenated alkanes) is 1. The molecule has 1 aromatic carbocycles. The van der Waals surface area contributed by atoms with Gasteiger partial charge in [-0.2, -0.15) is 5.10 Å². The Bertz CT molecular complexity index is 694. The van der Waals surface area contributed by atoms with Gasteiger partial charge in [0.2, 0.25) is 0 Å². The first-order chi connectivity index (χ1) is 11.5. The lowest BCUT2D eigenvalue weighted by molar-refractivity contribution is -0.139. The summed E-state index contributed by atoms with van der Waals surface area (Å²) in [5, 5.41) is 18.4. The predicted molar refractivity (Wildman–Crippen MR) is 89.0 cm³/mol. The van der Waals surface area contributed by atoms with Gasteiger partial charge in [-0.3, -0.25) is 9.89 Å². The maximum atomic E-state index is 12.2. The first-order valence-electron chi connectivity index (χ1n) is 7.78. The number of carboxylic acids is 1. The molecule has 1 amide bonds. The minimum Gasteiger partial charge on any atom is -0.497 e. The summed E-state index contributed by atoms with van der Waals surface area (Å²) in [4.78, 5) is 23.4. The Labute approximate surface area is 140 Å². The van der Waals surface area contributed by atoms with Crippen molar-refractivity contribution in [3.63, 3.8) is 0 Å². The number of aromatic amines is 1. The van der Waals surface area contributed by atoms with Crippen LogP contribution in [0.5, 0.6) is 5.75 Å². The molecule has 128 valence electrons. The van der Waals surface area contributed by atoms with Crippen LogP contribution in [0.3, 0.4) is 0 Å². The van der Waals surface area contributed by atoms with Crippen molar-refractivity contribution in [1.29, 1.82) is 0 Å². The lowest BCUT2D eigenvalue weighted by Crippen LogP contribution is -2.40. The zero-order valence-electron chi connectivity index (χ0n) is 13.7. The van der Waals surface area contributed by atoms with Crippen LogP contribution in [0.25, 0.3) is 11.3 Å². The second-order valence-electron chi connectivity index (χ2n) is 5.40. The van der Waals surface area contributed by atoms with E-state index in [4.69, 9.17) is 4.74 Å². The van der Waals surface area contributed by atoms with Crippen molar-refractivity contribution >= 4 is 11.9 Å². The van der Waals surface area contributed by atoms with Gasteiger partial charge in [-0.05, 0) is 36.8 Å². The largest absolute Gasteiger partial charge is 0.497 e. The van der Waals surface area contributed by atoms with Crippen LogP contribution >= 0.6 is 0 Å². The van der Waals surface area contributed by atoms with Crippen molar-refractivity contribution in [3.8, 4) is 17.0 Å². The van der Waals surface area contributed by atoms with E-state index in [9.17, 15) is 14.7 Å². The molecule has 7 heteroatoms. The number of hydrogen-bond acceptors (Lipinski definition) is 4. The van der Waals surface area contributed by atoms with E-state index in [2.05, 4.69) is 15.5 Å². The summed E-state index contributed by atoms with van der Waals surface area (Å²) >= 11 is 0. The monoisotopic (exact) mass is 331 g/mol. The third-order valence-corrected chi connectivity index (χ3v) is 3.66. The minimum absolute atomic E-state index is 0.226. The first kappa shape index (κ1) is 17.5. The van der Waals surface area contributed by atoms with E-state index in [0.29, 0.717) is 12.1 Å². The molecule has 7 nitrogen and oxygen atoms in total. The molecule has 1 atom stereocenters. The maximum absolute atomic E-state index is 12.2. The summed E-state index contributed by atoms with van der Waals surface area (Å²) in [6.07, 6.45) is 2.00. The van der Waals surface area contributed by atoms with Crippen molar-refractivity contribution in [2.24, 2.45) is 0 Å².